The first-order chi connectivity index (χ1) is 8.24. The molecule has 1 aromatic rings. The molecule has 0 spiro atoms. The molecule has 1 aliphatic rings. The van der Waals surface area contributed by atoms with Crippen LogP contribution < -0.4 is 4.90 Å². The predicted octanol–water partition coefficient (Wildman–Crippen LogP) is 1.45. The molecule has 4 nitrogen and oxygen atoms in total. The Morgan fingerprint density at radius 1 is 1.47 bits per heavy atom. The topological polar surface area (TPSA) is 49.8 Å². The van der Waals surface area contributed by atoms with Crippen LogP contribution in [0.5, 0.6) is 0 Å². The summed E-state index contributed by atoms with van der Waals surface area (Å²) >= 11 is 6.09. The Morgan fingerprint density at radius 3 is 2.94 bits per heavy atom. The van der Waals surface area contributed by atoms with Gasteiger partial charge in [0, 0.05) is 6.61 Å². The van der Waals surface area contributed by atoms with Crippen molar-refractivity contribution in [3.63, 3.8) is 0 Å². The van der Waals surface area contributed by atoms with Crippen LogP contribution in [-0.2, 0) is 9.53 Å². The highest BCUT2D eigenvalue weighted by molar-refractivity contribution is 6.33. The van der Waals surface area contributed by atoms with Gasteiger partial charge in [-0.05, 0) is 18.6 Å². The molecule has 17 heavy (non-hydrogen) atoms. The third-order valence-electron chi connectivity index (χ3n) is 2.74. The first-order valence-electron chi connectivity index (χ1n) is 5.49. The monoisotopic (exact) mass is 255 g/mol. The van der Waals surface area contributed by atoms with E-state index in [1.165, 1.54) is 0 Å². The lowest BCUT2D eigenvalue weighted by Gasteiger charge is -2.35. The summed E-state index contributed by atoms with van der Waals surface area (Å²) in [5.74, 6) is -0.122. The zero-order chi connectivity index (χ0) is 12.3. The third kappa shape index (κ3) is 2.60. The van der Waals surface area contributed by atoms with Crippen LogP contribution in [0.15, 0.2) is 24.3 Å². The normalized spacial score (nSPS) is 20.7. The molecule has 0 aliphatic carbocycles. The molecule has 1 N–H and O–H groups in total. The standard InChI is InChI=1S/C12H14ClNO3/c13-10-3-1-2-4-11(10)14-9(5-6-15)7-17-8-12(14)16/h1-4,9,15H,5-8H2. The Morgan fingerprint density at radius 2 is 2.24 bits per heavy atom. The van der Waals surface area contributed by atoms with Crippen molar-refractivity contribution in [1.29, 1.82) is 0 Å². The number of amides is 1. The van der Waals surface area contributed by atoms with Crippen molar-refractivity contribution in [3.05, 3.63) is 29.3 Å². The molecule has 0 bridgehead atoms. The number of para-hydroxylation sites is 1. The van der Waals surface area contributed by atoms with E-state index in [9.17, 15) is 4.79 Å². The molecule has 1 aliphatic heterocycles. The van der Waals surface area contributed by atoms with Gasteiger partial charge in [-0.15, -0.1) is 0 Å². The van der Waals surface area contributed by atoms with Gasteiger partial charge in [-0.3, -0.25) is 4.79 Å². The Hall–Kier alpha value is -1.10. The summed E-state index contributed by atoms with van der Waals surface area (Å²) < 4.78 is 5.19. The average Bonchev–Trinajstić information content (AvgIpc) is 2.31. The van der Waals surface area contributed by atoms with E-state index in [4.69, 9.17) is 21.4 Å². The van der Waals surface area contributed by atoms with Gasteiger partial charge in [0.25, 0.3) is 5.91 Å². The number of carbonyl (C=O) groups is 1. The third-order valence-corrected chi connectivity index (χ3v) is 3.06. The number of rotatable bonds is 3. The summed E-state index contributed by atoms with van der Waals surface area (Å²) in [4.78, 5) is 13.5. The van der Waals surface area contributed by atoms with Crippen molar-refractivity contribution < 1.29 is 14.6 Å². The number of anilines is 1. The maximum Gasteiger partial charge on any atom is 0.253 e. The molecule has 0 saturated carbocycles. The number of aliphatic hydroxyl groups is 1. The zero-order valence-electron chi connectivity index (χ0n) is 9.30. The van der Waals surface area contributed by atoms with Crippen molar-refractivity contribution in [2.24, 2.45) is 0 Å². The SMILES string of the molecule is O=C1COCC(CCO)N1c1ccccc1Cl. The number of hydrogen-bond acceptors (Lipinski definition) is 3. The predicted molar refractivity (Wildman–Crippen MR) is 65.2 cm³/mol. The molecule has 1 heterocycles. The first-order valence-corrected chi connectivity index (χ1v) is 5.87. The lowest BCUT2D eigenvalue weighted by atomic mass is 10.1. The summed E-state index contributed by atoms with van der Waals surface area (Å²) in [6.45, 7) is 0.507. The minimum atomic E-state index is -0.152. The van der Waals surface area contributed by atoms with Crippen molar-refractivity contribution in [1.82, 2.24) is 0 Å². The fourth-order valence-corrected chi connectivity index (χ4v) is 2.20. The molecule has 2 rings (SSSR count). The van der Waals surface area contributed by atoms with Gasteiger partial charge < -0.3 is 14.7 Å². The molecule has 1 aromatic carbocycles. The van der Waals surface area contributed by atoms with Crippen LogP contribution >= 0.6 is 11.6 Å². The Kier molecular flexibility index (Phi) is 3.99. The second-order valence-electron chi connectivity index (χ2n) is 3.90. The second-order valence-corrected chi connectivity index (χ2v) is 4.30. The first kappa shape index (κ1) is 12.4. The van der Waals surface area contributed by atoms with E-state index >= 15 is 0 Å². The Balaban J connectivity index is 2.31. The smallest absolute Gasteiger partial charge is 0.253 e. The Labute approximate surface area is 105 Å². The number of nitrogens with zero attached hydrogens (tertiary/aromatic N) is 1. The van der Waals surface area contributed by atoms with E-state index < -0.39 is 0 Å². The Bertz CT molecular complexity index is 408. The molecular formula is C12H14ClNO3. The highest BCUT2D eigenvalue weighted by atomic mass is 35.5. The van der Waals surface area contributed by atoms with E-state index in [-0.39, 0.29) is 25.2 Å². The summed E-state index contributed by atoms with van der Waals surface area (Å²) in [6, 6.07) is 7.05. The minimum absolute atomic E-state index is 0.0161. The van der Waals surface area contributed by atoms with Gasteiger partial charge in [-0.1, -0.05) is 23.7 Å². The van der Waals surface area contributed by atoms with Crippen LogP contribution in [0.3, 0.4) is 0 Å². The molecule has 5 heteroatoms. The highest BCUT2D eigenvalue weighted by Crippen LogP contribution is 2.29. The van der Waals surface area contributed by atoms with Gasteiger partial charge in [0.2, 0.25) is 0 Å². The van der Waals surface area contributed by atoms with Crippen molar-refractivity contribution in [3.8, 4) is 0 Å². The van der Waals surface area contributed by atoms with Crippen molar-refractivity contribution in [2.75, 3.05) is 24.7 Å². The largest absolute Gasteiger partial charge is 0.396 e. The van der Waals surface area contributed by atoms with Crippen LogP contribution in [0, 0.1) is 0 Å². The molecule has 0 aromatic heterocycles. The second kappa shape index (κ2) is 5.49. The molecule has 92 valence electrons. The van der Waals surface area contributed by atoms with E-state index in [2.05, 4.69) is 0 Å². The number of aliphatic hydroxyl groups excluding tert-OH is 1. The maximum absolute atomic E-state index is 11.9. The van der Waals surface area contributed by atoms with E-state index in [0.29, 0.717) is 23.7 Å². The number of carbonyl (C=O) groups excluding carboxylic acids is 1. The maximum atomic E-state index is 11.9. The van der Waals surface area contributed by atoms with E-state index in [1.807, 2.05) is 12.1 Å². The molecule has 1 fully saturated rings. The molecule has 1 amide bonds. The number of morpholine rings is 1. The average molecular weight is 256 g/mol. The molecule has 0 radical (unpaired) electrons. The van der Waals surface area contributed by atoms with E-state index in [0.717, 1.165) is 0 Å². The van der Waals surface area contributed by atoms with Gasteiger partial charge in [0.15, 0.2) is 0 Å². The molecule has 1 atom stereocenters. The van der Waals surface area contributed by atoms with Gasteiger partial charge in [-0.25, -0.2) is 0 Å². The summed E-state index contributed by atoms with van der Waals surface area (Å²) in [7, 11) is 0. The van der Waals surface area contributed by atoms with Crippen molar-refractivity contribution >= 4 is 23.2 Å². The van der Waals surface area contributed by atoms with Gasteiger partial charge in [0.05, 0.1) is 23.4 Å². The quantitative estimate of drug-likeness (QED) is 0.890. The highest BCUT2D eigenvalue weighted by Gasteiger charge is 2.30. The zero-order valence-corrected chi connectivity index (χ0v) is 10.1. The summed E-state index contributed by atoms with van der Waals surface area (Å²) in [5.41, 5.74) is 0.681. The van der Waals surface area contributed by atoms with Crippen LogP contribution in [-0.4, -0.2) is 36.9 Å². The molecular weight excluding hydrogens is 242 g/mol. The summed E-state index contributed by atoms with van der Waals surface area (Å²) in [5, 5.41) is 9.55. The molecule has 1 saturated heterocycles. The molecule has 1 unspecified atom stereocenters. The number of halogens is 1. The minimum Gasteiger partial charge on any atom is -0.396 e. The number of hydrogen-bond donors (Lipinski definition) is 1. The van der Waals surface area contributed by atoms with Crippen LogP contribution in [0.25, 0.3) is 0 Å². The van der Waals surface area contributed by atoms with Gasteiger partial charge in [0.1, 0.15) is 6.61 Å². The summed E-state index contributed by atoms with van der Waals surface area (Å²) in [6.07, 6.45) is 0.483. The van der Waals surface area contributed by atoms with Crippen molar-refractivity contribution in [2.45, 2.75) is 12.5 Å². The van der Waals surface area contributed by atoms with Gasteiger partial charge >= 0.3 is 0 Å². The van der Waals surface area contributed by atoms with E-state index in [1.54, 1.807) is 17.0 Å². The van der Waals surface area contributed by atoms with Crippen LogP contribution in [0.4, 0.5) is 5.69 Å². The fraction of sp³-hybridized carbons (Fsp3) is 0.417. The number of ether oxygens (including phenoxy) is 1. The number of benzene rings is 1. The van der Waals surface area contributed by atoms with Crippen LogP contribution in [0.1, 0.15) is 6.42 Å². The van der Waals surface area contributed by atoms with Gasteiger partial charge in [-0.2, -0.15) is 0 Å². The lowest BCUT2D eigenvalue weighted by Crippen LogP contribution is -2.50. The fourth-order valence-electron chi connectivity index (χ4n) is 1.97. The lowest BCUT2D eigenvalue weighted by molar-refractivity contribution is -0.127. The van der Waals surface area contributed by atoms with Crippen LogP contribution in [0.2, 0.25) is 5.02 Å².